The average molecular weight is 413 g/mol. The minimum atomic E-state index is -3.44. The van der Waals surface area contributed by atoms with E-state index in [-0.39, 0.29) is 0 Å². The third-order valence-corrected chi connectivity index (χ3v) is 6.84. The van der Waals surface area contributed by atoms with E-state index in [1.807, 2.05) is 22.9 Å². The number of aromatic nitrogens is 2. The molecule has 0 amide bonds. The van der Waals surface area contributed by atoms with Crippen LogP contribution in [0, 0.1) is 0 Å². The van der Waals surface area contributed by atoms with Crippen LogP contribution in [0.25, 0.3) is 5.69 Å². The monoisotopic (exact) mass is 412 g/mol. The van der Waals surface area contributed by atoms with Gasteiger partial charge in [-0.2, -0.15) is 4.31 Å². The Kier molecular flexibility index (Phi) is 6.05. The molecule has 0 unspecified atom stereocenters. The molecule has 0 bridgehead atoms. The van der Waals surface area contributed by atoms with Gasteiger partial charge in [-0.25, -0.2) is 13.4 Å². The fourth-order valence-corrected chi connectivity index (χ4v) is 4.67. The van der Waals surface area contributed by atoms with Crippen molar-refractivity contribution in [1.29, 1.82) is 0 Å². The molecule has 0 spiro atoms. The van der Waals surface area contributed by atoms with Gasteiger partial charge in [0.05, 0.1) is 24.4 Å². The van der Waals surface area contributed by atoms with Gasteiger partial charge < -0.3 is 14.6 Å². The third-order valence-electron chi connectivity index (χ3n) is 4.93. The van der Waals surface area contributed by atoms with E-state index in [4.69, 9.17) is 4.74 Å². The van der Waals surface area contributed by atoms with Crippen molar-refractivity contribution in [2.24, 2.45) is 0 Å². The second kappa shape index (κ2) is 8.87. The van der Waals surface area contributed by atoms with Gasteiger partial charge in [0.25, 0.3) is 0 Å². The van der Waals surface area contributed by atoms with Crippen LogP contribution in [0.1, 0.15) is 11.1 Å². The average Bonchev–Trinajstić information content (AvgIpc) is 3.30. The minimum Gasteiger partial charge on any atom is -0.379 e. The van der Waals surface area contributed by atoms with E-state index in [9.17, 15) is 8.42 Å². The van der Waals surface area contributed by atoms with E-state index in [0.717, 1.165) is 17.8 Å². The Morgan fingerprint density at radius 1 is 0.931 bits per heavy atom. The van der Waals surface area contributed by atoms with Crippen molar-refractivity contribution >= 4 is 10.0 Å². The van der Waals surface area contributed by atoms with Crippen LogP contribution in [-0.4, -0.2) is 48.6 Å². The van der Waals surface area contributed by atoms with Gasteiger partial charge in [0.1, 0.15) is 0 Å². The molecule has 2 heterocycles. The molecule has 1 aliphatic rings. The molecule has 29 heavy (non-hydrogen) atoms. The van der Waals surface area contributed by atoms with Crippen LogP contribution in [0.15, 0.2) is 72.1 Å². The standard InChI is InChI=1S/C21H24N4O3S/c26-29(27,25-11-13-28-14-12-25)21-7-3-19(4-8-21)16-23-15-18-1-5-20(6-2-18)24-10-9-22-17-24/h1-10,17,23H,11-16H2. The number of ether oxygens (including phenoxy) is 1. The summed E-state index contributed by atoms with van der Waals surface area (Å²) in [7, 11) is -3.44. The molecule has 1 saturated heterocycles. The van der Waals surface area contributed by atoms with E-state index in [2.05, 4.69) is 34.6 Å². The summed E-state index contributed by atoms with van der Waals surface area (Å²) in [4.78, 5) is 4.39. The molecule has 1 N–H and O–H groups in total. The summed E-state index contributed by atoms with van der Waals surface area (Å²) in [6, 6.07) is 15.4. The first kappa shape index (κ1) is 19.8. The van der Waals surface area contributed by atoms with Gasteiger partial charge in [-0.05, 0) is 35.4 Å². The van der Waals surface area contributed by atoms with Gasteiger partial charge in [-0.3, -0.25) is 0 Å². The van der Waals surface area contributed by atoms with E-state index in [1.54, 1.807) is 24.7 Å². The van der Waals surface area contributed by atoms with Crippen LogP contribution in [0.3, 0.4) is 0 Å². The van der Waals surface area contributed by atoms with Crippen molar-refractivity contribution in [1.82, 2.24) is 19.2 Å². The normalized spacial score (nSPS) is 15.4. The molecule has 2 aromatic carbocycles. The first-order valence-corrected chi connectivity index (χ1v) is 11.0. The number of nitrogens with zero attached hydrogens (tertiary/aromatic N) is 3. The van der Waals surface area contributed by atoms with Gasteiger partial charge in [0.15, 0.2) is 0 Å². The molecule has 3 aromatic rings. The van der Waals surface area contributed by atoms with Crippen molar-refractivity contribution < 1.29 is 13.2 Å². The van der Waals surface area contributed by atoms with Gasteiger partial charge >= 0.3 is 0 Å². The van der Waals surface area contributed by atoms with Gasteiger partial charge in [-0.1, -0.05) is 24.3 Å². The predicted molar refractivity (Wildman–Crippen MR) is 110 cm³/mol. The fourth-order valence-electron chi connectivity index (χ4n) is 3.26. The summed E-state index contributed by atoms with van der Waals surface area (Å²) in [5.41, 5.74) is 3.30. The molecular formula is C21H24N4O3S. The second-order valence-electron chi connectivity index (χ2n) is 6.90. The number of hydrogen-bond acceptors (Lipinski definition) is 5. The maximum Gasteiger partial charge on any atom is 0.243 e. The smallest absolute Gasteiger partial charge is 0.243 e. The van der Waals surface area contributed by atoms with Crippen LogP contribution in [0.2, 0.25) is 0 Å². The highest BCUT2D eigenvalue weighted by Crippen LogP contribution is 2.18. The van der Waals surface area contributed by atoms with E-state index < -0.39 is 10.0 Å². The Labute approximate surface area is 171 Å². The lowest BCUT2D eigenvalue weighted by Gasteiger charge is -2.26. The highest BCUT2D eigenvalue weighted by molar-refractivity contribution is 7.89. The van der Waals surface area contributed by atoms with Crippen molar-refractivity contribution in [3.8, 4) is 5.69 Å². The molecule has 1 fully saturated rings. The highest BCUT2D eigenvalue weighted by atomic mass is 32.2. The van der Waals surface area contributed by atoms with Crippen molar-refractivity contribution in [3.05, 3.63) is 78.4 Å². The number of hydrogen-bond donors (Lipinski definition) is 1. The molecule has 1 aliphatic heterocycles. The lowest BCUT2D eigenvalue weighted by atomic mass is 10.2. The maximum atomic E-state index is 12.7. The lowest BCUT2D eigenvalue weighted by molar-refractivity contribution is 0.0730. The fraction of sp³-hybridized carbons (Fsp3) is 0.286. The topological polar surface area (TPSA) is 76.5 Å². The largest absolute Gasteiger partial charge is 0.379 e. The van der Waals surface area contributed by atoms with Crippen molar-refractivity contribution in [2.45, 2.75) is 18.0 Å². The second-order valence-corrected chi connectivity index (χ2v) is 8.84. The van der Waals surface area contributed by atoms with Crippen molar-refractivity contribution in [2.75, 3.05) is 26.3 Å². The van der Waals surface area contributed by atoms with Gasteiger partial charge in [0, 0.05) is 44.3 Å². The summed E-state index contributed by atoms with van der Waals surface area (Å²) >= 11 is 0. The van der Waals surface area contributed by atoms with Crippen LogP contribution in [-0.2, 0) is 27.8 Å². The van der Waals surface area contributed by atoms with Gasteiger partial charge in [-0.15, -0.1) is 0 Å². The number of imidazole rings is 1. The Balaban J connectivity index is 1.31. The Hall–Kier alpha value is -2.52. The molecule has 8 heteroatoms. The summed E-state index contributed by atoms with van der Waals surface area (Å²) in [6.45, 7) is 3.12. The molecule has 152 valence electrons. The summed E-state index contributed by atoms with van der Waals surface area (Å²) in [6.07, 6.45) is 5.44. The van der Waals surface area contributed by atoms with Crippen LogP contribution < -0.4 is 5.32 Å². The number of sulfonamides is 1. The van der Waals surface area contributed by atoms with E-state index in [0.29, 0.717) is 37.7 Å². The number of morpholine rings is 1. The lowest BCUT2D eigenvalue weighted by Crippen LogP contribution is -2.40. The van der Waals surface area contributed by atoms with Crippen LogP contribution >= 0.6 is 0 Å². The molecule has 0 saturated carbocycles. The van der Waals surface area contributed by atoms with E-state index in [1.165, 1.54) is 9.87 Å². The Morgan fingerprint density at radius 3 is 2.14 bits per heavy atom. The highest BCUT2D eigenvalue weighted by Gasteiger charge is 2.25. The Bertz CT molecular complexity index is 1010. The zero-order valence-electron chi connectivity index (χ0n) is 16.1. The number of nitrogens with one attached hydrogen (secondary N) is 1. The van der Waals surface area contributed by atoms with Crippen LogP contribution in [0.4, 0.5) is 0 Å². The summed E-state index contributed by atoms with van der Waals surface area (Å²) in [5.74, 6) is 0. The first-order valence-electron chi connectivity index (χ1n) is 9.58. The maximum absolute atomic E-state index is 12.7. The minimum absolute atomic E-state index is 0.332. The number of rotatable bonds is 7. The molecular weight excluding hydrogens is 388 g/mol. The Morgan fingerprint density at radius 2 is 1.55 bits per heavy atom. The number of benzene rings is 2. The summed E-state index contributed by atoms with van der Waals surface area (Å²) in [5, 5.41) is 3.40. The predicted octanol–water partition coefficient (Wildman–Crippen LogP) is 2.18. The zero-order chi connectivity index (χ0) is 20.1. The SMILES string of the molecule is O=S(=O)(c1ccc(CNCc2ccc(-n3ccnc3)cc2)cc1)N1CCOCC1. The zero-order valence-corrected chi connectivity index (χ0v) is 16.9. The van der Waals surface area contributed by atoms with Crippen LogP contribution in [0.5, 0.6) is 0 Å². The summed E-state index contributed by atoms with van der Waals surface area (Å²) < 4.78 is 34.0. The quantitative estimate of drug-likeness (QED) is 0.644. The molecule has 1 aromatic heterocycles. The van der Waals surface area contributed by atoms with E-state index >= 15 is 0 Å². The molecule has 0 radical (unpaired) electrons. The molecule has 0 atom stereocenters. The molecule has 4 rings (SSSR count). The molecule has 0 aliphatic carbocycles. The molecule has 7 nitrogen and oxygen atoms in total. The third kappa shape index (κ3) is 4.73. The van der Waals surface area contributed by atoms with Crippen molar-refractivity contribution in [3.63, 3.8) is 0 Å². The van der Waals surface area contributed by atoms with Gasteiger partial charge in [0.2, 0.25) is 10.0 Å². The first-order chi connectivity index (χ1) is 14.1.